The van der Waals surface area contributed by atoms with Crippen LogP contribution in [0.2, 0.25) is 0 Å². The molecule has 0 aromatic carbocycles. The normalized spacial score (nSPS) is 30.6. The molecular formula is C27H35F3N4O5. The Hall–Kier alpha value is -2.70. The molecule has 3 fully saturated rings. The Morgan fingerprint density at radius 3 is 2.92 bits per heavy atom. The minimum Gasteiger partial charge on any atom is -0.445 e. The first kappa shape index (κ1) is 27.9. The highest BCUT2D eigenvalue weighted by Crippen LogP contribution is 2.51. The molecule has 2 amide bonds. The summed E-state index contributed by atoms with van der Waals surface area (Å²) >= 11 is 0. The standard InChI is InChI=1S/C27H35F3N4O5/c1-3-7-39-25(36)34-14-19-10-20(32-22-5-8-38-15-23(22)37-2)11-26(19,16-34)24(35)33-6-4-21-17(13-33)9-18(12-31-21)27(28,29)30/h3,9,12,19-20,22-23,32H,1,4-8,10-11,13-16H2,2H3/t19-,20+,22?,23?,26-/m1/s1. The molecule has 1 N–H and O–H groups in total. The minimum absolute atomic E-state index is 0.0293. The number of hydrogen-bond acceptors (Lipinski definition) is 7. The largest absolute Gasteiger partial charge is 0.445 e. The van der Waals surface area contributed by atoms with Crippen LogP contribution in [0.4, 0.5) is 18.0 Å². The maximum absolute atomic E-state index is 14.3. The van der Waals surface area contributed by atoms with E-state index in [9.17, 15) is 22.8 Å². The van der Waals surface area contributed by atoms with Crippen LogP contribution in [-0.4, -0.2) is 91.5 Å². The molecule has 4 heterocycles. The van der Waals surface area contributed by atoms with Crippen molar-refractivity contribution in [2.45, 2.75) is 56.6 Å². The number of fused-ring (bicyclic) bond motifs is 2. The molecule has 1 aliphatic carbocycles. The third-order valence-electron chi connectivity index (χ3n) is 8.59. The van der Waals surface area contributed by atoms with E-state index < -0.39 is 23.2 Å². The molecule has 4 aliphatic rings. The molecule has 0 bridgehead atoms. The molecule has 214 valence electrons. The summed E-state index contributed by atoms with van der Waals surface area (Å²) in [5.41, 5.74) is -0.683. The van der Waals surface area contributed by atoms with Crippen molar-refractivity contribution in [3.63, 3.8) is 0 Å². The fourth-order valence-corrected chi connectivity index (χ4v) is 6.70. The van der Waals surface area contributed by atoms with Crippen molar-refractivity contribution in [2.75, 3.05) is 46.6 Å². The monoisotopic (exact) mass is 552 g/mol. The van der Waals surface area contributed by atoms with Gasteiger partial charge in [0.15, 0.2) is 0 Å². The van der Waals surface area contributed by atoms with Gasteiger partial charge in [0.05, 0.1) is 23.7 Å². The lowest BCUT2D eigenvalue weighted by Gasteiger charge is -2.37. The first-order chi connectivity index (χ1) is 18.6. The molecule has 2 saturated heterocycles. The number of ether oxygens (including phenoxy) is 3. The number of methoxy groups -OCH3 is 1. The molecule has 39 heavy (non-hydrogen) atoms. The van der Waals surface area contributed by atoms with E-state index in [0.717, 1.165) is 18.7 Å². The highest BCUT2D eigenvalue weighted by Gasteiger charge is 2.60. The van der Waals surface area contributed by atoms with Crippen molar-refractivity contribution in [3.05, 3.63) is 41.7 Å². The van der Waals surface area contributed by atoms with Gasteiger partial charge in [-0.1, -0.05) is 12.7 Å². The van der Waals surface area contributed by atoms with Crippen LogP contribution in [0, 0.1) is 11.3 Å². The van der Waals surface area contributed by atoms with Gasteiger partial charge >= 0.3 is 12.3 Å². The van der Waals surface area contributed by atoms with E-state index in [2.05, 4.69) is 16.9 Å². The van der Waals surface area contributed by atoms with Crippen LogP contribution in [0.5, 0.6) is 0 Å². The van der Waals surface area contributed by atoms with Gasteiger partial charge in [-0.25, -0.2) is 4.79 Å². The summed E-state index contributed by atoms with van der Waals surface area (Å²) in [7, 11) is 1.66. The predicted octanol–water partition coefficient (Wildman–Crippen LogP) is 2.78. The summed E-state index contributed by atoms with van der Waals surface area (Å²) in [6.45, 7) is 5.79. The van der Waals surface area contributed by atoms with E-state index in [1.807, 2.05) is 0 Å². The van der Waals surface area contributed by atoms with Crippen molar-refractivity contribution in [1.82, 2.24) is 20.1 Å². The summed E-state index contributed by atoms with van der Waals surface area (Å²) in [5.74, 6) is -0.241. The molecule has 9 nitrogen and oxygen atoms in total. The van der Waals surface area contributed by atoms with Gasteiger partial charge in [0.2, 0.25) is 5.91 Å². The zero-order chi connectivity index (χ0) is 27.8. The predicted molar refractivity (Wildman–Crippen MR) is 134 cm³/mol. The topological polar surface area (TPSA) is 93.2 Å². The number of pyridine rings is 1. The molecule has 1 aromatic heterocycles. The van der Waals surface area contributed by atoms with E-state index in [1.54, 1.807) is 16.9 Å². The number of nitrogens with one attached hydrogen (secondary N) is 1. The lowest BCUT2D eigenvalue weighted by Crippen LogP contribution is -2.52. The third kappa shape index (κ3) is 5.51. The Bertz CT molecular complexity index is 1100. The van der Waals surface area contributed by atoms with Crippen LogP contribution in [0.3, 0.4) is 0 Å². The van der Waals surface area contributed by atoms with E-state index in [1.165, 1.54) is 6.08 Å². The molecular weight excluding hydrogens is 517 g/mol. The maximum Gasteiger partial charge on any atom is 0.417 e. The Morgan fingerprint density at radius 1 is 1.36 bits per heavy atom. The summed E-state index contributed by atoms with van der Waals surface area (Å²) in [5, 5.41) is 3.69. The van der Waals surface area contributed by atoms with Gasteiger partial charge in [-0.15, -0.1) is 0 Å². The van der Waals surface area contributed by atoms with Gasteiger partial charge < -0.3 is 29.3 Å². The SMILES string of the molecule is C=CCOC(=O)N1C[C@H]2C[C@H](NC3CCOCC3OC)C[C@@]2(C(=O)N2CCc3ncc(C(F)(F)F)cc3C2)C1. The molecule has 12 heteroatoms. The lowest BCUT2D eigenvalue weighted by molar-refractivity contribution is -0.143. The van der Waals surface area contributed by atoms with Crippen LogP contribution >= 0.6 is 0 Å². The van der Waals surface area contributed by atoms with Gasteiger partial charge in [-0.05, 0) is 36.8 Å². The minimum atomic E-state index is -4.51. The van der Waals surface area contributed by atoms with Gasteiger partial charge in [-0.2, -0.15) is 13.2 Å². The Kier molecular flexibility index (Phi) is 7.89. The molecule has 5 atom stereocenters. The molecule has 5 rings (SSSR count). The van der Waals surface area contributed by atoms with Crippen molar-refractivity contribution in [2.24, 2.45) is 11.3 Å². The number of halogens is 3. The summed E-state index contributed by atoms with van der Waals surface area (Å²) in [6.07, 6.45) is -0.380. The van der Waals surface area contributed by atoms with E-state index >= 15 is 0 Å². The average molecular weight is 553 g/mol. The second kappa shape index (κ2) is 11.1. The number of nitrogens with zero attached hydrogens (tertiary/aromatic N) is 3. The fraction of sp³-hybridized carbons (Fsp3) is 0.667. The molecule has 0 radical (unpaired) electrons. The van der Waals surface area contributed by atoms with Crippen LogP contribution in [0.1, 0.15) is 36.1 Å². The number of carbonyl (C=O) groups is 2. The average Bonchev–Trinajstić information content (AvgIpc) is 3.45. The van der Waals surface area contributed by atoms with Crippen LogP contribution in [0.15, 0.2) is 24.9 Å². The number of likely N-dealkylation sites (tertiary alicyclic amines) is 1. The van der Waals surface area contributed by atoms with Crippen LogP contribution in [-0.2, 0) is 38.1 Å². The van der Waals surface area contributed by atoms with Gasteiger partial charge in [0.25, 0.3) is 0 Å². The zero-order valence-corrected chi connectivity index (χ0v) is 22.0. The number of amides is 2. The molecule has 2 unspecified atom stereocenters. The summed E-state index contributed by atoms with van der Waals surface area (Å²) in [6, 6.07) is 1.21. The van der Waals surface area contributed by atoms with Gasteiger partial charge in [-0.3, -0.25) is 9.78 Å². The highest BCUT2D eigenvalue weighted by molar-refractivity contribution is 5.86. The van der Waals surface area contributed by atoms with Crippen molar-refractivity contribution < 1.29 is 37.0 Å². The first-order valence-corrected chi connectivity index (χ1v) is 13.4. The first-order valence-electron chi connectivity index (χ1n) is 13.4. The smallest absolute Gasteiger partial charge is 0.417 e. The van der Waals surface area contributed by atoms with E-state index in [-0.39, 0.29) is 49.7 Å². The zero-order valence-electron chi connectivity index (χ0n) is 22.0. The molecule has 3 aliphatic heterocycles. The van der Waals surface area contributed by atoms with Crippen LogP contribution in [0.25, 0.3) is 0 Å². The second-order valence-electron chi connectivity index (χ2n) is 11.0. The summed E-state index contributed by atoms with van der Waals surface area (Å²) in [4.78, 5) is 34.2. The highest BCUT2D eigenvalue weighted by atomic mass is 19.4. The number of rotatable bonds is 6. The number of hydrogen-bond donors (Lipinski definition) is 1. The molecule has 0 spiro atoms. The fourth-order valence-electron chi connectivity index (χ4n) is 6.70. The van der Waals surface area contributed by atoms with Gasteiger partial charge in [0, 0.05) is 70.3 Å². The van der Waals surface area contributed by atoms with Crippen molar-refractivity contribution in [3.8, 4) is 0 Å². The Balaban J connectivity index is 1.37. The van der Waals surface area contributed by atoms with Gasteiger partial charge in [0.1, 0.15) is 6.61 Å². The van der Waals surface area contributed by atoms with E-state index in [0.29, 0.717) is 56.8 Å². The summed E-state index contributed by atoms with van der Waals surface area (Å²) < 4.78 is 56.4. The lowest BCUT2D eigenvalue weighted by atomic mass is 9.78. The van der Waals surface area contributed by atoms with E-state index in [4.69, 9.17) is 14.2 Å². The Labute approximate surface area is 225 Å². The van der Waals surface area contributed by atoms with Crippen LogP contribution < -0.4 is 5.32 Å². The van der Waals surface area contributed by atoms with Crippen molar-refractivity contribution in [1.29, 1.82) is 0 Å². The molecule has 1 saturated carbocycles. The molecule has 1 aromatic rings. The third-order valence-corrected chi connectivity index (χ3v) is 8.59. The number of aromatic nitrogens is 1. The quantitative estimate of drug-likeness (QED) is 0.543. The Morgan fingerprint density at radius 2 is 2.18 bits per heavy atom. The maximum atomic E-state index is 14.3. The number of carbonyl (C=O) groups excluding carboxylic acids is 2. The second-order valence-corrected chi connectivity index (χ2v) is 11.0. The number of alkyl halides is 3. The van der Waals surface area contributed by atoms with Crippen molar-refractivity contribution >= 4 is 12.0 Å².